The van der Waals surface area contributed by atoms with Crippen molar-refractivity contribution in [3.8, 4) is 11.1 Å². The zero-order chi connectivity index (χ0) is 18.1. The van der Waals surface area contributed by atoms with Gasteiger partial charge in [0.25, 0.3) is 0 Å². The molecular weight excluding hydrogens is 334 g/mol. The Kier molecular flexibility index (Phi) is 4.34. The Labute approximate surface area is 150 Å². The lowest BCUT2D eigenvalue weighted by atomic mass is 10.0. The lowest BCUT2D eigenvalue weighted by molar-refractivity contribution is 0.343. The Balaban J connectivity index is 1.79. The maximum Gasteiger partial charge on any atom is 0.160 e. The molecule has 0 N–H and O–H groups in total. The quantitative estimate of drug-likeness (QED) is 0.698. The molecule has 0 fully saturated rings. The van der Waals surface area contributed by atoms with Crippen molar-refractivity contribution in [2.75, 3.05) is 25.0 Å². The van der Waals surface area contributed by atoms with Gasteiger partial charge < -0.3 is 9.80 Å². The van der Waals surface area contributed by atoms with Gasteiger partial charge in [0.05, 0.1) is 0 Å². The molecule has 0 spiro atoms. The zero-order valence-corrected chi connectivity index (χ0v) is 14.4. The van der Waals surface area contributed by atoms with E-state index in [-0.39, 0.29) is 0 Å². The number of aromatic nitrogens is 2. The summed E-state index contributed by atoms with van der Waals surface area (Å²) in [6.07, 6.45) is 5.07. The number of anilines is 2. The second-order valence-electron chi connectivity index (χ2n) is 6.46. The van der Waals surface area contributed by atoms with Crippen LogP contribution >= 0.6 is 0 Å². The number of benzene rings is 2. The van der Waals surface area contributed by atoms with Crippen molar-refractivity contribution >= 4 is 11.4 Å². The summed E-state index contributed by atoms with van der Waals surface area (Å²) in [4.78, 5) is 12.4. The highest BCUT2D eigenvalue weighted by Gasteiger charge is 2.21. The van der Waals surface area contributed by atoms with Crippen LogP contribution < -0.4 is 4.90 Å². The standard InChI is InChI=1S/C20H18F2N4/c1-25-6-7-26(17-3-4-18(21)19(22)9-17)20-5-2-14(8-15(20)12-25)16-10-23-13-24-11-16/h2-5,8-11,13H,6-7,12H2,1H3. The summed E-state index contributed by atoms with van der Waals surface area (Å²) in [5, 5.41) is 0. The molecule has 1 aromatic heterocycles. The third kappa shape index (κ3) is 3.15. The fourth-order valence-corrected chi connectivity index (χ4v) is 3.29. The Morgan fingerprint density at radius 1 is 0.885 bits per heavy atom. The summed E-state index contributed by atoms with van der Waals surface area (Å²) in [6.45, 7) is 2.29. The SMILES string of the molecule is CN1CCN(c2ccc(F)c(F)c2)c2ccc(-c3cncnc3)cc2C1. The summed E-state index contributed by atoms with van der Waals surface area (Å²) in [5.41, 5.74) is 4.75. The van der Waals surface area contributed by atoms with E-state index in [1.165, 1.54) is 18.5 Å². The average Bonchev–Trinajstić information content (AvgIpc) is 2.82. The predicted octanol–water partition coefficient (Wildman–Crippen LogP) is 4.01. The maximum absolute atomic E-state index is 13.7. The van der Waals surface area contributed by atoms with Gasteiger partial charge >= 0.3 is 0 Å². The molecule has 1 aliphatic rings. The third-order valence-electron chi connectivity index (χ3n) is 4.62. The molecule has 3 aromatic rings. The molecule has 0 radical (unpaired) electrons. The molecule has 0 atom stereocenters. The molecule has 2 heterocycles. The van der Waals surface area contributed by atoms with Gasteiger partial charge in [-0.1, -0.05) is 6.07 Å². The van der Waals surface area contributed by atoms with Crippen LogP contribution in [0.2, 0.25) is 0 Å². The van der Waals surface area contributed by atoms with E-state index in [1.54, 1.807) is 18.5 Å². The van der Waals surface area contributed by atoms with Gasteiger partial charge in [0.2, 0.25) is 0 Å². The van der Waals surface area contributed by atoms with E-state index in [0.717, 1.165) is 35.5 Å². The number of likely N-dealkylation sites (N-methyl/N-ethyl adjacent to an activating group) is 1. The number of hydrogen-bond acceptors (Lipinski definition) is 4. The van der Waals surface area contributed by atoms with E-state index in [4.69, 9.17) is 0 Å². The van der Waals surface area contributed by atoms with Crippen LogP contribution in [0.15, 0.2) is 55.1 Å². The molecule has 0 aliphatic carbocycles. The van der Waals surface area contributed by atoms with E-state index >= 15 is 0 Å². The number of fused-ring (bicyclic) bond motifs is 1. The first kappa shape index (κ1) is 16.6. The first-order chi connectivity index (χ1) is 12.6. The minimum absolute atomic E-state index is 0.649. The minimum Gasteiger partial charge on any atom is -0.340 e. The molecule has 0 amide bonds. The number of hydrogen-bond donors (Lipinski definition) is 0. The van der Waals surface area contributed by atoms with Gasteiger partial charge in [-0.2, -0.15) is 0 Å². The summed E-state index contributed by atoms with van der Waals surface area (Å²) < 4.78 is 27.1. The Morgan fingerprint density at radius 2 is 1.69 bits per heavy atom. The molecule has 0 bridgehead atoms. The second-order valence-corrected chi connectivity index (χ2v) is 6.46. The zero-order valence-electron chi connectivity index (χ0n) is 14.4. The Morgan fingerprint density at radius 3 is 2.46 bits per heavy atom. The van der Waals surface area contributed by atoms with Gasteiger partial charge in [-0.05, 0) is 42.4 Å². The topological polar surface area (TPSA) is 32.3 Å². The molecular formula is C20H18F2N4. The third-order valence-corrected chi connectivity index (χ3v) is 4.62. The fraction of sp³-hybridized carbons (Fsp3) is 0.200. The Bertz CT molecular complexity index is 930. The van der Waals surface area contributed by atoms with Gasteiger partial charge in [0.1, 0.15) is 6.33 Å². The van der Waals surface area contributed by atoms with Crippen LogP contribution in [-0.2, 0) is 6.54 Å². The minimum atomic E-state index is -0.834. The molecule has 132 valence electrons. The lowest BCUT2D eigenvalue weighted by Gasteiger charge is -2.25. The highest BCUT2D eigenvalue weighted by Crippen LogP contribution is 2.34. The summed E-state index contributed by atoms with van der Waals surface area (Å²) >= 11 is 0. The normalized spacial score (nSPS) is 14.8. The van der Waals surface area contributed by atoms with Crippen molar-refractivity contribution in [3.63, 3.8) is 0 Å². The molecule has 2 aromatic carbocycles. The van der Waals surface area contributed by atoms with Crippen molar-refractivity contribution in [2.45, 2.75) is 6.54 Å². The highest BCUT2D eigenvalue weighted by molar-refractivity contribution is 5.72. The molecule has 4 nitrogen and oxygen atoms in total. The Hall–Kier alpha value is -2.86. The van der Waals surface area contributed by atoms with Crippen LogP contribution in [0.5, 0.6) is 0 Å². The number of rotatable bonds is 2. The molecule has 1 aliphatic heterocycles. The van der Waals surface area contributed by atoms with E-state index in [2.05, 4.69) is 28.0 Å². The largest absolute Gasteiger partial charge is 0.340 e. The first-order valence-corrected chi connectivity index (χ1v) is 8.41. The van der Waals surface area contributed by atoms with Crippen LogP contribution in [0.1, 0.15) is 5.56 Å². The van der Waals surface area contributed by atoms with Gasteiger partial charge in [0, 0.05) is 55.0 Å². The number of halogens is 2. The van der Waals surface area contributed by atoms with Gasteiger partial charge in [0.15, 0.2) is 11.6 Å². The van der Waals surface area contributed by atoms with Crippen molar-refractivity contribution in [3.05, 3.63) is 72.3 Å². The highest BCUT2D eigenvalue weighted by atomic mass is 19.2. The van der Waals surface area contributed by atoms with Crippen LogP contribution in [0, 0.1) is 11.6 Å². The molecule has 0 saturated heterocycles. The van der Waals surface area contributed by atoms with Crippen molar-refractivity contribution < 1.29 is 8.78 Å². The van der Waals surface area contributed by atoms with Gasteiger partial charge in [-0.3, -0.25) is 0 Å². The van der Waals surface area contributed by atoms with Gasteiger partial charge in [-0.25, -0.2) is 18.7 Å². The van der Waals surface area contributed by atoms with Gasteiger partial charge in [-0.15, -0.1) is 0 Å². The van der Waals surface area contributed by atoms with E-state index in [1.807, 2.05) is 17.0 Å². The smallest absolute Gasteiger partial charge is 0.160 e. The molecule has 4 rings (SSSR count). The van der Waals surface area contributed by atoms with E-state index in [9.17, 15) is 8.78 Å². The molecule has 26 heavy (non-hydrogen) atoms. The van der Waals surface area contributed by atoms with Crippen molar-refractivity contribution in [2.24, 2.45) is 0 Å². The number of nitrogens with zero attached hydrogens (tertiary/aromatic N) is 4. The summed E-state index contributed by atoms with van der Waals surface area (Å²) in [7, 11) is 2.05. The average molecular weight is 352 g/mol. The lowest BCUT2D eigenvalue weighted by Crippen LogP contribution is -2.26. The van der Waals surface area contributed by atoms with Crippen LogP contribution in [0.3, 0.4) is 0 Å². The van der Waals surface area contributed by atoms with Crippen molar-refractivity contribution in [1.82, 2.24) is 14.9 Å². The fourth-order valence-electron chi connectivity index (χ4n) is 3.29. The van der Waals surface area contributed by atoms with E-state index in [0.29, 0.717) is 12.2 Å². The molecule has 6 heteroatoms. The van der Waals surface area contributed by atoms with Crippen LogP contribution in [0.25, 0.3) is 11.1 Å². The monoisotopic (exact) mass is 352 g/mol. The van der Waals surface area contributed by atoms with E-state index < -0.39 is 11.6 Å². The molecule has 0 saturated carbocycles. The molecule has 0 unspecified atom stereocenters. The summed E-state index contributed by atoms with van der Waals surface area (Å²) in [6, 6.07) is 10.2. The summed E-state index contributed by atoms with van der Waals surface area (Å²) in [5.74, 6) is -1.67. The van der Waals surface area contributed by atoms with Crippen LogP contribution in [0.4, 0.5) is 20.2 Å². The van der Waals surface area contributed by atoms with Crippen molar-refractivity contribution in [1.29, 1.82) is 0 Å². The predicted molar refractivity (Wildman–Crippen MR) is 97.2 cm³/mol. The first-order valence-electron chi connectivity index (χ1n) is 8.41. The maximum atomic E-state index is 13.7. The second kappa shape index (κ2) is 6.80. The van der Waals surface area contributed by atoms with Crippen LogP contribution in [-0.4, -0.2) is 35.0 Å².